The molecule has 10 atom stereocenters. The fourth-order valence-electron chi connectivity index (χ4n) is 8.39. The van der Waals surface area contributed by atoms with Crippen molar-refractivity contribution in [2.75, 3.05) is 12.3 Å². The zero-order valence-electron chi connectivity index (χ0n) is 25.6. The molecule has 4 rings (SSSR count). The molecular formula is C26H44NNaO6S. The molecule has 196 valence electrons. The van der Waals surface area contributed by atoms with Gasteiger partial charge in [0.1, 0.15) is 0 Å². The van der Waals surface area contributed by atoms with Crippen LogP contribution < -0.4 is 34.7 Å². The minimum atomic E-state index is -4.16. The first-order valence-corrected chi connectivity index (χ1v) is 14.5. The maximum Gasteiger partial charge on any atom is 1.00 e. The predicted molar refractivity (Wildman–Crippen MR) is 130 cm³/mol. The first-order valence-electron chi connectivity index (χ1n) is 14.9. The Balaban J connectivity index is 0.00000420. The second kappa shape index (κ2) is 11.2. The van der Waals surface area contributed by atoms with Crippen molar-refractivity contribution in [1.82, 2.24) is 0 Å². The van der Waals surface area contributed by atoms with E-state index in [1.165, 1.54) is 0 Å². The first kappa shape index (κ1) is 24.3. The van der Waals surface area contributed by atoms with Crippen LogP contribution in [0, 0.1) is 46.3 Å². The second-order valence-electron chi connectivity index (χ2n) is 11.8. The van der Waals surface area contributed by atoms with Crippen molar-refractivity contribution < 1.29 is 63.3 Å². The molecule has 0 aromatic rings. The van der Waals surface area contributed by atoms with Gasteiger partial charge in [-0.2, -0.15) is 8.42 Å². The summed E-state index contributed by atoms with van der Waals surface area (Å²) in [4.78, 5) is 3.74. The van der Waals surface area contributed by atoms with Crippen molar-refractivity contribution in [2.45, 2.75) is 97.1 Å². The Labute approximate surface area is 239 Å². The molecule has 0 unspecified atom stereocenters. The van der Waals surface area contributed by atoms with E-state index in [4.69, 9.17) is 10.0 Å². The minimum absolute atomic E-state index is 0. The molecule has 0 aromatic carbocycles. The van der Waals surface area contributed by atoms with Crippen LogP contribution in [0.5, 0.6) is 0 Å². The van der Waals surface area contributed by atoms with Crippen molar-refractivity contribution in [2.24, 2.45) is 51.3 Å². The third-order valence-corrected chi connectivity index (χ3v) is 10.9. The molecule has 35 heavy (non-hydrogen) atoms. The fraction of sp³-hybridized carbons (Fsp3) is 0.962. The van der Waals surface area contributed by atoms with Gasteiger partial charge >= 0.3 is 29.6 Å². The molecule has 9 heteroatoms. The molecule has 4 aliphatic rings. The average Bonchev–Trinajstić information content (AvgIpc) is 3.14. The minimum Gasteiger partial charge on any atom is -0.862 e. The van der Waals surface area contributed by atoms with E-state index in [2.05, 4.69) is 18.8 Å². The zero-order chi connectivity index (χ0) is 28.5. The normalized spacial score (nSPS) is 49.1. The summed E-state index contributed by atoms with van der Waals surface area (Å²) in [6.45, 7) is 5.97. The molecule has 0 aliphatic heterocycles. The van der Waals surface area contributed by atoms with Crippen molar-refractivity contribution in [3.8, 4) is 0 Å². The van der Waals surface area contributed by atoms with Gasteiger partial charge in [-0.25, -0.2) is 0 Å². The van der Waals surface area contributed by atoms with Crippen LogP contribution in [0.25, 0.3) is 0 Å². The third-order valence-electron chi connectivity index (χ3n) is 10.2. The van der Waals surface area contributed by atoms with Gasteiger partial charge in [-0.15, -0.1) is 0 Å². The number of aliphatic hydroxyl groups excluding tert-OH is 2. The predicted octanol–water partition coefficient (Wildman–Crippen LogP) is 0.0439. The topological polar surface area (TPSA) is 130 Å². The van der Waals surface area contributed by atoms with Crippen molar-refractivity contribution in [1.29, 1.82) is 0 Å². The van der Waals surface area contributed by atoms with Gasteiger partial charge < -0.3 is 20.3 Å². The van der Waals surface area contributed by atoms with E-state index in [1.54, 1.807) is 0 Å². The van der Waals surface area contributed by atoms with Crippen LogP contribution in [0.1, 0.15) is 90.4 Å². The molecule has 7 nitrogen and oxygen atoms in total. The Hall–Kier alpha value is 0.300. The Morgan fingerprint density at radius 3 is 2.60 bits per heavy atom. The Morgan fingerprint density at radius 2 is 1.91 bits per heavy atom. The van der Waals surface area contributed by atoms with Crippen LogP contribution in [0.4, 0.5) is 0 Å². The summed E-state index contributed by atoms with van der Waals surface area (Å²) in [6, 6.07) is 0. The molecule has 0 radical (unpaired) electrons. The molecule has 0 saturated heterocycles. The van der Waals surface area contributed by atoms with E-state index in [-0.39, 0.29) is 83.9 Å². The molecule has 0 aromatic heterocycles. The number of aliphatic hydroxyl groups is 2. The number of fused-ring (bicyclic) bond motifs is 5. The van der Waals surface area contributed by atoms with E-state index in [9.17, 15) is 23.7 Å². The largest absolute Gasteiger partial charge is 1.00 e. The molecule has 4 aliphatic carbocycles. The van der Waals surface area contributed by atoms with E-state index in [1.807, 2.05) is 6.92 Å². The number of hydrogen-bond acceptors (Lipinski definition) is 6. The van der Waals surface area contributed by atoms with Crippen molar-refractivity contribution in [3.63, 3.8) is 0 Å². The molecule has 0 heterocycles. The molecule has 4 saturated carbocycles. The van der Waals surface area contributed by atoms with Crippen LogP contribution in [0.2, 0.25) is 0 Å². The second-order valence-corrected chi connectivity index (χ2v) is 13.4. The Bertz CT molecular complexity index is 1050. The average molecular weight is 526 g/mol. The number of hydrogen-bond donors (Lipinski definition) is 3. The molecule has 4 fully saturated rings. The van der Waals surface area contributed by atoms with Crippen LogP contribution in [-0.2, 0) is 10.1 Å². The van der Waals surface area contributed by atoms with Gasteiger partial charge in [0.15, 0.2) is 0 Å². The van der Waals surface area contributed by atoms with Crippen molar-refractivity contribution in [3.05, 3.63) is 0 Å². The van der Waals surface area contributed by atoms with Gasteiger partial charge in [0, 0.05) is 5.48 Å². The summed E-state index contributed by atoms with van der Waals surface area (Å²) in [5.74, 6) is -0.655. The van der Waals surface area contributed by atoms with E-state index in [0.717, 1.165) is 19.3 Å². The van der Waals surface area contributed by atoms with Gasteiger partial charge in [0.05, 0.1) is 24.5 Å². The van der Waals surface area contributed by atoms with Gasteiger partial charge in [-0.1, -0.05) is 20.8 Å². The Kier molecular flexibility index (Phi) is 7.78. The van der Waals surface area contributed by atoms with Crippen molar-refractivity contribution >= 4 is 16.0 Å². The van der Waals surface area contributed by atoms with Crippen LogP contribution in [0.15, 0.2) is 4.99 Å². The molecule has 0 bridgehead atoms. The summed E-state index contributed by atoms with van der Waals surface area (Å²) in [7, 11) is -4.16. The molecule has 3 N–H and O–H groups in total. The summed E-state index contributed by atoms with van der Waals surface area (Å²) in [5.41, 5.74) is -1.02. The maximum absolute atomic E-state index is 12.2. The standard InChI is InChI=1S/C26H45NO6S.Na/c1-16(4-9-24(30)27-12-13-34(31,32)33)20-7-8-21-19-6-5-17-14-18(28)10-11-25(17,2)22(19)15-23(29)26(20,21)3;/h16-23,28-29H,4-15H2,1-3H3,(H,27,30)(H,31,32,33);/q;+1/p-1/t16-,17-,18-,19+,20-,21+,22+,23+,25+,26-;/m1./s1/i10D2,14D2;. The van der Waals surface area contributed by atoms with E-state index < -0.39 is 58.1 Å². The number of aliphatic imine (C=N–C) groups is 1. The molecule has 0 spiro atoms. The van der Waals surface area contributed by atoms with E-state index in [0.29, 0.717) is 19.3 Å². The quantitative estimate of drug-likeness (QED) is 0.186. The fourth-order valence-corrected chi connectivity index (χ4v) is 8.71. The third kappa shape index (κ3) is 5.84. The van der Waals surface area contributed by atoms with Gasteiger partial charge in [0.25, 0.3) is 10.1 Å². The molecule has 0 amide bonds. The zero-order valence-corrected chi connectivity index (χ0v) is 24.4. The van der Waals surface area contributed by atoms with Gasteiger partial charge in [-0.3, -0.25) is 4.55 Å². The summed E-state index contributed by atoms with van der Waals surface area (Å²) >= 11 is 0. The van der Waals surface area contributed by atoms with Crippen LogP contribution in [0.3, 0.4) is 0 Å². The SMILES string of the molecule is [2H]C1([2H])C[C@@]2(C)[C@H](CC[C@@H]3[C@@H]2C[C@H](O)[C@]2(C)[C@@H]([C@H](C)CCC([O-])=NCCS(=O)(=O)O)CC[C@@H]32)C([2H])([2H])[C@@H]1O.[Na+]. The maximum atomic E-state index is 12.2. The smallest absolute Gasteiger partial charge is 0.862 e. The summed E-state index contributed by atoms with van der Waals surface area (Å²) in [6.07, 6.45) is -1.78. The molecular weight excluding hydrogens is 477 g/mol. The van der Waals surface area contributed by atoms with E-state index >= 15 is 0 Å². The first-order chi connectivity index (χ1) is 17.4. The summed E-state index contributed by atoms with van der Waals surface area (Å²) in [5, 5.41) is 34.4. The van der Waals surface area contributed by atoms with Gasteiger partial charge in [0.2, 0.25) is 0 Å². The van der Waals surface area contributed by atoms with Crippen LogP contribution >= 0.6 is 0 Å². The number of nitrogens with zero attached hydrogens (tertiary/aromatic N) is 1. The van der Waals surface area contributed by atoms with Gasteiger partial charge in [-0.05, 0) is 116 Å². The summed E-state index contributed by atoms with van der Waals surface area (Å²) < 4.78 is 64.7. The monoisotopic (exact) mass is 525 g/mol. The number of rotatable bonds is 7. The van der Waals surface area contributed by atoms with Crippen LogP contribution in [-0.4, -0.2) is 53.6 Å². The Morgan fingerprint density at radius 1 is 1.20 bits per heavy atom.